The molecule has 7 nitrogen and oxygen atoms in total. The van der Waals surface area contributed by atoms with Crippen molar-refractivity contribution in [2.24, 2.45) is 5.92 Å². The van der Waals surface area contributed by atoms with Gasteiger partial charge in [0.15, 0.2) is 0 Å². The van der Waals surface area contributed by atoms with Crippen LogP contribution in [0, 0.1) is 12.8 Å². The third-order valence-corrected chi connectivity index (χ3v) is 6.82. The Labute approximate surface area is 204 Å². The number of nitrogens with one attached hydrogen (secondary N) is 1. The molecular weight excluding hydrogens is 440 g/mol. The van der Waals surface area contributed by atoms with Gasteiger partial charge in [-0.2, -0.15) is 5.10 Å². The van der Waals surface area contributed by atoms with Gasteiger partial charge in [-0.05, 0) is 55.8 Å². The van der Waals surface area contributed by atoms with Crippen LogP contribution in [0.2, 0.25) is 0 Å². The molecule has 1 fully saturated rings. The second kappa shape index (κ2) is 9.27. The van der Waals surface area contributed by atoms with E-state index < -0.39 is 6.04 Å². The SMILES string of the molecule is Cc1nn(-c2ccccc2)c(O)c1C(c1ccccc1)C1C(C)NN(c2ccc(O)cc2)C1C=O. The zero-order chi connectivity index (χ0) is 24.5. The molecule has 1 aliphatic heterocycles. The van der Waals surface area contributed by atoms with Gasteiger partial charge in [-0.15, -0.1) is 0 Å². The van der Waals surface area contributed by atoms with Crippen molar-refractivity contribution in [2.45, 2.75) is 31.8 Å². The molecule has 0 amide bonds. The van der Waals surface area contributed by atoms with Gasteiger partial charge in [-0.25, -0.2) is 10.1 Å². The number of phenolic OH excluding ortho intramolecular Hbond substituents is 1. The first-order chi connectivity index (χ1) is 17.0. The van der Waals surface area contributed by atoms with E-state index in [1.807, 2.05) is 79.5 Å². The molecule has 4 atom stereocenters. The number of anilines is 1. The molecule has 3 N–H and O–H groups in total. The summed E-state index contributed by atoms with van der Waals surface area (Å²) >= 11 is 0. The molecule has 1 aromatic heterocycles. The van der Waals surface area contributed by atoms with E-state index >= 15 is 0 Å². The van der Waals surface area contributed by atoms with Crippen molar-refractivity contribution < 1.29 is 15.0 Å². The molecule has 178 valence electrons. The van der Waals surface area contributed by atoms with E-state index in [0.29, 0.717) is 11.3 Å². The summed E-state index contributed by atoms with van der Waals surface area (Å²) in [7, 11) is 0. The first kappa shape index (κ1) is 22.7. The molecule has 7 heteroatoms. The summed E-state index contributed by atoms with van der Waals surface area (Å²) in [6.07, 6.45) is 0.956. The average Bonchev–Trinajstić information content (AvgIpc) is 3.37. The van der Waals surface area contributed by atoms with Gasteiger partial charge in [0.1, 0.15) is 18.1 Å². The molecule has 5 rings (SSSR count). The topological polar surface area (TPSA) is 90.6 Å². The predicted octanol–water partition coefficient (Wildman–Crippen LogP) is 4.32. The van der Waals surface area contributed by atoms with Crippen LogP contribution in [0.3, 0.4) is 0 Å². The molecule has 0 radical (unpaired) electrons. The second-order valence-electron chi connectivity index (χ2n) is 8.97. The van der Waals surface area contributed by atoms with Crippen molar-refractivity contribution in [3.63, 3.8) is 0 Å². The molecule has 3 aromatic carbocycles. The number of carbonyl (C=O) groups is 1. The van der Waals surface area contributed by atoms with Gasteiger partial charge in [-0.3, -0.25) is 5.01 Å². The standard InChI is InChI=1S/C28H28N4O3/c1-18-25(24(17-33)31(29-18)22-13-15-23(34)16-14-22)27(20-9-5-3-6-10-20)26-19(2)30-32(28(26)35)21-11-7-4-8-12-21/h3-18,24-25,27,29,34-35H,1-2H3. The Morgan fingerprint density at radius 1 is 0.914 bits per heavy atom. The van der Waals surface area contributed by atoms with Crippen LogP contribution in [0.1, 0.15) is 29.7 Å². The quantitative estimate of drug-likeness (QED) is 0.365. The minimum absolute atomic E-state index is 0.0717. The number of hydrazine groups is 1. The Balaban J connectivity index is 1.64. The molecular formula is C28H28N4O3. The molecule has 35 heavy (non-hydrogen) atoms. The van der Waals surface area contributed by atoms with Crippen LogP contribution >= 0.6 is 0 Å². The first-order valence-corrected chi connectivity index (χ1v) is 11.7. The molecule has 0 bridgehead atoms. The summed E-state index contributed by atoms with van der Waals surface area (Å²) in [5, 5.41) is 27.7. The fourth-order valence-corrected chi connectivity index (χ4v) is 5.24. The maximum Gasteiger partial charge on any atom is 0.218 e. The van der Waals surface area contributed by atoms with Crippen LogP contribution in [-0.4, -0.2) is 38.4 Å². The zero-order valence-electron chi connectivity index (χ0n) is 19.6. The van der Waals surface area contributed by atoms with Crippen LogP contribution in [-0.2, 0) is 4.79 Å². The van der Waals surface area contributed by atoms with Crippen molar-refractivity contribution in [3.05, 3.63) is 102 Å². The lowest BCUT2D eigenvalue weighted by atomic mass is 9.74. The van der Waals surface area contributed by atoms with Crippen LogP contribution in [0.5, 0.6) is 11.6 Å². The maximum atomic E-state index is 12.6. The second-order valence-corrected chi connectivity index (χ2v) is 8.97. The van der Waals surface area contributed by atoms with E-state index in [1.165, 1.54) is 0 Å². The fraction of sp³-hybridized carbons (Fsp3) is 0.214. The van der Waals surface area contributed by atoms with E-state index in [0.717, 1.165) is 23.2 Å². The van der Waals surface area contributed by atoms with Gasteiger partial charge in [-0.1, -0.05) is 48.5 Å². The van der Waals surface area contributed by atoms with Gasteiger partial charge in [0.25, 0.3) is 0 Å². The number of aryl methyl sites for hydroxylation is 1. The highest BCUT2D eigenvalue weighted by atomic mass is 16.3. The number of aldehydes is 1. The van der Waals surface area contributed by atoms with Crippen molar-refractivity contribution in [3.8, 4) is 17.3 Å². The minimum atomic E-state index is -0.515. The largest absolute Gasteiger partial charge is 0.508 e. The number of carbonyl (C=O) groups excluding carboxylic acids is 1. The normalized spacial score (nSPS) is 20.6. The number of nitrogens with zero attached hydrogens (tertiary/aromatic N) is 3. The minimum Gasteiger partial charge on any atom is -0.508 e. The number of aromatic nitrogens is 2. The van der Waals surface area contributed by atoms with E-state index in [1.54, 1.807) is 28.9 Å². The van der Waals surface area contributed by atoms with Crippen molar-refractivity contribution in [1.82, 2.24) is 15.2 Å². The molecule has 1 saturated heterocycles. The number of para-hydroxylation sites is 1. The summed E-state index contributed by atoms with van der Waals surface area (Å²) in [6.45, 7) is 3.94. The third kappa shape index (κ3) is 4.04. The molecule has 1 aliphatic rings. The van der Waals surface area contributed by atoms with Gasteiger partial charge >= 0.3 is 0 Å². The van der Waals surface area contributed by atoms with E-state index in [2.05, 4.69) is 10.5 Å². The van der Waals surface area contributed by atoms with Gasteiger partial charge in [0.05, 0.1) is 17.1 Å². The van der Waals surface area contributed by atoms with Crippen LogP contribution in [0.25, 0.3) is 5.69 Å². The smallest absolute Gasteiger partial charge is 0.218 e. The molecule has 0 saturated carbocycles. The number of phenols is 1. The van der Waals surface area contributed by atoms with Crippen molar-refractivity contribution in [2.75, 3.05) is 5.01 Å². The van der Waals surface area contributed by atoms with Gasteiger partial charge in [0, 0.05) is 23.4 Å². The number of hydrogen-bond donors (Lipinski definition) is 3. The highest BCUT2D eigenvalue weighted by molar-refractivity contribution is 5.69. The maximum absolute atomic E-state index is 12.6. The van der Waals surface area contributed by atoms with Crippen molar-refractivity contribution in [1.29, 1.82) is 0 Å². The highest BCUT2D eigenvalue weighted by Gasteiger charge is 2.46. The lowest BCUT2D eigenvalue weighted by molar-refractivity contribution is -0.109. The summed E-state index contributed by atoms with van der Waals surface area (Å²) in [6, 6.07) is 25.6. The highest BCUT2D eigenvalue weighted by Crippen LogP contribution is 2.45. The average molecular weight is 469 g/mol. The number of rotatable bonds is 6. The number of benzene rings is 3. The van der Waals surface area contributed by atoms with Crippen LogP contribution < -0.4 is 10.4 Å². The molecule has 2 heterocycles. The van der Waals surface area contributed by atoms with Crippen molar-refractivity contribution >= 4 is 12.0 Å². The van der Waals surface area contributed by atoms with E-state index in [9.17, 15) is 15.0 Å². The summed E-state index contributed by atoms with van der Waals surface area (Å²) in [5.74, 6) is -0.270. The monoisotopic (exact) mass is 468 g/mol. The summed E-state index contributed by atoms with van der Waals surface area (Å²) < 4.78 is 1.56. The molecule has 4 unspecified atom stereocenters. The lowest BCUT2D eigenvalue weighted by Gasteiger charge is -2.30. The van der Waals surface area contributed by atoms with Crippen LogP contribution in [0.15, 0.2) is 84.9 Å². The first-order valence-electron chi connectivity index (χ1n) is 11.7. The molecule has 0 aliphatic carbocycles. The van der Waals surface area contributed by atoms with Gasteiger partial charge in [0.2, 0.25) is 5.88 Å². The lowest BCUT2D eigenvalue weighted by Crippen LogP contribution is -2.40. The fourth-order valence-electron chi connectivity index (χ4n) is 5.24. The Bertz CT molecular complexity index is 1310. The Morgan fingerprint density at radius 2 is 1.54 bits per heavy atom. The Morgan fingerprint density at radius 3 is 2.17 bits per heavy atom. The summed E-state index contributed by atoms with van der Waals surface area (Å²) in [4.78, 5) is 12.6. The van der Waals surface area contributed by atoms with Crippen LogP contribution in [0.4, 0.5) is 5.69 Å². The van der Waals surface area contributed by atoms with E-state index in [-0.39, 0.29) is 29.5 Å². The van der Waals surface area contributed by atoms with E-state index in [4.69, 9.17) is 0 Å². The Kier molecular flexibility index (Phi) is 6.01. The molecule has 4 aromatic rings. The Hall–Kier alpha value is -4.10. The molecule has 0 spiro atoms. The zero-order valence-corrected chi connectivity index (χ0v) is 19.6. The summed E-state index contributed by atoms with van der Waals surface area (Å²) in [5.41, 5.74) is 7.41. The number of hydrogen-bond acceptors (Lipinski definition) is 6. The number of aromatic hydroxyl groups is 2. The third-order valence-electron chi connectivity index (χ3n) is 6.82. The van der Waals surface area contributed by atoms with Gasteiger partial charge < -0.3 is 15.0 Å². The predicted molar refractivity (Wildman–Crippen MR) is 135 cm³/mol.